The summed E-state index contributed by atoms with van der Waals surface area (Å²) in [5.41, 5.74) is 11.2. The molecule has 20 aromatic rings. The molecule has 143 heavy (non-hydrogen) atoms. The number of fused-ring (bicyclic) bond motifs is 5. The van der Waals surface area contributed by atoms with Gasteiger partial charge < -0.3 is 44.1 Å². The van der Waals surface area contributed by atoms with Crippen molar-refractivity contribution in [2.45, 2.75) is 58.4 Å². The Morgan fingerprint density at radius 1 is 0.315 bits per heavy atom. The lowest BCUT2D eigenvalue weighted by Gasteiger charge is -2.08. The van der Waals surface area contributed by atoms with Gasteiger partial charge >= 0.3 is 28.4 Å². The number of carbonyl (C=O) groups excluding carboxylic acids is 5. The van der Waals surface area contributed by atoms with Crippen molar-refractivity contribution >= 4 is 163 Å². The number of amides is 4. The van der Waals surface area contributed by atoms with Crippen molar-refractivity contribution in [2.75, 3.05) is 21.3 Å². The molecule has 0 atom stereocenters. The van der Waals surface area contributed by atoms with Gasteiger partial charge in [-0.3, -0.25) is 98.6 Å². The molecular formula is C98H91N25O15S5. The fourth-order valence-corrected chi connectivity index (χ4v) is 19.5. The summed E-state index contributed by atoms with van der Waals surface area (Å²) < 4.78 is 19.4. The molecule has 728 valence electrons. The number of hydrogen-bond donors (Lipinski definition) is 4. The standard InChI is InChI=1S/C21H21N5O3S.C21H20N4O3S.2C19H17N5O3S.C18H16N6O3S/c1-24-19-18(20(28)25(2)21(24)29)26(13-22-19)10-3-4-17(27)23-16-7-5-14(6-8-16)15-9-11-30-12-15;1-23-19-18(20(27)24(2)21(23)28)25(13-22-19)9-7-17(26)11-14-3-5-15(6-4-14)16-8-10-29-12-16;1-22-17-16(18(26)23(2)19(22)27)24(11-20-17)9-14(25)21-15-8-13(10-28-15)12-6-4-3-5-7-12;1-22-17-16(18(26)23(2)19(22)27)24(11-20-17)10-14(25)21-15-9-8-13(28-15)12-6-4-3-5-7-12;1-22-16-15(17(26)23(2)18(22)27)24(9-20-16)8-14(25)21-12-5-3-11(4-6-12)13-7-19-10-28-13/h5-9,11-13H,3-4,10H2,1-2H3,(H,23,27);3-6,8,10,12-13H,7,9,11H2,1-2H3;3-8,10-11H,9H2,1-2H3,(H,21,25);3-9,11H,10H2,1-2H3,(H,21,25);3-7,9-10H,8H2,1-2H3,(H,21,25). The number of thiophene rings is 4. The van der Waals surface area contributed by atoms with Crippen LogP contribution in [-0.2, 0) is 134 Å². The van der Waals surface area contributed by atoms with E-state index in [-0.39, 0.29) is 94.5 Å². The van der Waals surface area contributed by atoms with Crippen LogP contribution in [0.4, 0.5) is 21.4 Å². The first-order valence-corrected chi connectivity index (χ1v) is 48.5. The van der Waals surface area contributed by atoms with Gasteiger partial charge in [-0.05, 0) is 133 Å². The number of carbonyl (C=O) groups is 5. The zero-order chi connectivity index (χ0) is 101. The minimum absolute atomic E-state index is 0.0803. The SMILES string of the molecule is Cn1c(=O)c2c(ncn2CC(=O)Nc2cc(-c3ccccc3)cs2)n(C)c1=O.Cn1c(=O)c2c(ncn2CC(=O)Nc2ccc(-c3ccccc3)s2)n(C)c1=O.Cn1c(=O)c2c(ncn2CC(=O)Nc2ccc(-c3cncs3)cc2)n(C)c1=O.Cn1c(=O)c2c(ncn2CCC(=O)Cc2ccc(-c3ccsc3)cc2)n(C)c1=O.Cn1c(=O)c2c(ncn2CCCC(=O)Nc2ccc(-c3ccsc3)cc2)n(C)c1=O. The minimum atomic E-state index is -0.489. The Balaban J connectivity index is 0.000000128. The van der Waals surface area contributed by atoms with E-state index in [9.17, 15) is 71.9 Å². The number of imidazole rings is 5. The van der Waals surface area contributed by atoms with Crippen molar-refractivity contribution in [3.05, 3.63) is 344 Å². The van der Waals surface area contributed by atoms with Gasteiger partial charge in [0.05, 0.1) is 52.0 Å². The molecule has 5 aromatic carbocycles. The quantitative estimate of drug-likeness (QED) is 0.0437. The van der Waals surface area contributed by atoms with Gasteiger partial charge in [-0.2, -0.15) is 22.7 Å². The van der Waals surface area contributed by atoms with E-state index >= 15 is 0 Å². The van der Waals surface area contributed by atoms with Crippen LogP contribution in [0.5, 0.6) is 0 Å². The van der Waals surface area contributed by atoms with Gasteiger partial charge in [0.15, 0.2) is 55.8 Å². The van der Waals surface area contributed by atoms with Crippen LogP contribution >= 0.6 is 56.7 Å². The van der Waals surface area contributed by atoms with Gasteiger partial charge in [-0.1, -0.05) is 109 Å². The number of nitrogens with one attached hydrogen (secondary N) is 4. The third kappa shape index (κ3) is 21.5. The highest BCUT2D eigenvalue weighted by Gasteiger charge is 2.24. The summed E-state index contributed by atoms with van der Waals surface area (Å²) in [6.07, 6.45) is 10.5. The Morgan fingerprint density at radius 3 is 1.09 bits per heavy atom. The largest absolute Gasteiger partial charge is 0.332 e. The van der Waals surface area contributed by atoms with Crippen LogP contribution in [0.3, 0.4) is 0 Å². The van der Waals surface area contributed by atoms with Crippen molar-refractivity contribution in [1.29, 1.82) is 0 Å². The molecule has 20 rings (SSSR count). The Bertz CT molecular complexity index is 8660. The maximum Gasteiger partial charge on any atom is 0.332 e. The number of aromatic nitrogens is 21. The number of aryl methyl sites for hydroxylation is 7. The van der Waals surface area contributed by atoms with E-state index in [4.69, 9.17) is 0 Å². The molecule has 4 amide bonds. The predicted molar refractivity (Wildman–Crippen MR) is 555 cm³/mol. The Kier molecular flexibility index (Phi) is 29.8. The summed E-state index contributed by atoms with van der Waals surface area (Å²) in [6.45, 7) is 0.537. The second-order valence-electron chi connectivity index (χ2n) is 33.0. The molecule has 40 nitrogen and oxygen atoms in total. The molecule has 4 N–H and O–H groups in total. The maximum absolute atomic E-state index is 12.5. The van der Waals surface area contributed by atoms with E-state index in [0.717, 1.165) is 82.8 Å². The van der Waals surface area contributed by atoms with Crippen LogP contribution in [0.1, 0.15) is 24.8 Å². The number of ketones is 1. The zero-order valence-corrected chi connectivity index (χ0v) is 82.5. The third-order valence-electron chi connectivity index (χ3n) is 23.5. The minimum Gasteiger partial charge on any atom is -0.326 e. The Labute approximate surface area is 828 Å². The van der Waals surface area contributed by atoms with Crippen molar-refractivity contribution in [3.63, 3.8) is 0 Å². The lowest BCUT2D eigenvalue weighted by atomic mass is 10.0. The zero-order valence-electron chi connectivity index (χ0n) is 78.4. The Hall–Kier alpha value is -17.2. The Morgan fingerprint density at radius 2 is 0.678 bits per heavy atom. The van der Waals surface area contributed by atoms with Crippen molar-refractivity contribution in [3.8, 4) is 54.3 Å². The van der Waals surface area contributed by atoms with E-state index in [2.05, 4.69) is 74.1 Å². The number of Topliss-reactive ketones (excluding diaryl/α,β-unsaturated/α-hetero) is 1. The molecule has 0 radical (unpaired) electrons. The molecule has 0 aliphatic carbocycles. The van der Waals surface area contributed by atoms with Crippen LogP contribution in [0.15, 0.2) is 282 Å². The number of benzene rings is 5. The normalized spacial score (nSPS) is 11.1. The predicted octanol–water partition coefficient (Wildman–Crippen LogP) is 9.74. The maximum atomic E-state index is 12.5. The summed E-state index contributed by atoms with van der Waals surface area (Å²) in [4.78, 5) is 211. The van der Waals surface area contributed by atoms with E-state index in [0.29, 0.717) is 70.4 Å². The summed E-state index contributed by atoms with van der Waals surface area (Å²) in [5.74, 6) is -0.881. The number of thiazole rings is 1. The lowest BCUT2D eigenvalue weighted by Crippen LogP contribution is -2.37. The number of anilines is 4. The van der Waals surface area contributed by atoms with Crippen molar-refractivity contribution < 1.29 is 24.0 Å². The van der Waals surface area contributed by atoms with E-state index in [1.807, 2.05) is 168 Å². The van der Waals surface area contributed by atoms with E-state index < -0.39 is 50.7 Å². The van der Waals surface area contributed by atoms with Gasteiger partial charge in [-0.15, -0.1) is 34.0 Å². The van der Waals surface area contributed by atoms with Gasteiger partial charge in [0.1, 0.15) is 25.4 Å². The second kappa shape index (κ2) is 43.1. The van der Waals surface area contributed by atoms with Crippen LogP contribution < -0.4 is 77.5 Å². The van der Waals surface area contributed by atoms with Crippen molar-refractivity contribution in [1.82, 2.24) is 98.4 Å². The molecule has 0 unspecified atom stereocenters. The number of hydrogen-bond acceptors (Lipinski definition) is 26. The molecule has 0 saturated carbocycles. The van der Waals surface area contributed by atoms with Gasteiger partial charge in [0.25, 0.3) is 27.8 Å². The smallest absolute Gasteiger partial charge is 0.326 e. The third-order valence-corrected chi connectivity index (χ3v) is 27.6. The number of rotatable bonds is 24. The van der Waals surface area contributed by atoms with Crippen LogP contribution in [0.25, 0.3) is 110 Å². The molecule has 0 aliphatic rings. The summed E-state index contributed by atoms with van der Waals surface area (Å²) in [6, 6.07) is 52.8. The molecule has 0 saturated heterocycles. The van der Waals surface area contributed by atoms with Crippen molar-refractivity contribution in [2.24, 2.45) is 70.5 Å². The summed E-state index contributed by atoms with van der Waals surface area (Å²) >= 11 is 7.74. The molecular weight excluding hydrogens is 1930 g/mol. The average Bonchev–Trinajstić information content (AvgIpc) is 1.65. The molecule has 0 fully saturated rings. The lowest BCUT2D eigenvalue weighted by molar-refractivity contribution is -0.119. The molecule has 15 aromatic heterocycles. The monoisotopic (exact) mass is 2020 g/mol. The fraction of sp³-hybridized carbons (Fsp3) is 0.194. The summed E-state index contributed by atoms with van der Waals surface area (Å²) in [5, 5.41) is 23.0. The first kappa shape index (κ1) is 98.9. The number of nitrogens with zero attached hydrogens (tertiary/aromatic N) is 21. The first-order chi connectivity index (χ1) is 68.8. The molecule has 15 heterocycles. The first-order valence-electron chi connectivity index (χ1n) is 44.0. The second-order valence-corrected chi connectivity index (χ2v) is 37.4. The fourth-order valence-electron chi connectivity index (χ4n) is 15.7. The van der Waals surface area contributed by atoms with Gasteiger partial charge in [-0.25, -0.2) is 48.9 Å². The molecule has 0 aliphatic heterocycles. The molecule has 0 spiro atoms. The van der Waals surface area contributed by atoms with Crippen LogP contribution in [-0.4, -0.2) is 128 Å². The highest BCUT2D eigenvalue weighted by Crippen LogP contribution is 2.33. The highest BCUT2D eigenvalue weighted by molar-refractivity contribution is 7.19. The molecule has 0 bridgehead atoms. The van der Waals surface area contributed by atoms with Gasteiger partial charge in [0, 0.05) is 131 Å². The highest BCUT2D eigenvalue weighted by atomic mass is 32.1. The molecule has 45 heteroatoms. The topological polar surface area (TPSA) is 455 Å². The van der Waals surface area contributed by atoms with Gasteiger partial charge in [0.2, 0.25) is 23.6 Å². The van der Waals surface area contributed by atoms with E-state index in [1.54, 1.807) is 57.6 Å². The van der Waals surface area contributed by atoms with E-state index in [1.165, 1.54) is 164 Å². The van der Waals surface area contributed by atoms with Crippen LogP contribution in [0.2, 0.25) is 0 Å². The average molecular weight is 2020 g/mol. The van der Waals surface area contributed by atoms with Crippen LogP contribution in [0, 0.1) is 0 Å². The summed E-state index contributed by atoms with van der Waals surface area (Å²) in [7, 11) is 14.8.